The summed E-state index contributed by atoms with van der Waals surface area (Å²) in [4.78, 5) is 15.1. The average molecular weight is 349 g/mol. The summed E-state index contributed by atoms with van der Waals surface area (Å²) < 4.78 is 4.33. The molecule has 3 aromatic rings. The van der Waals surface area contributed by atoms with Crippen LogP contribution in [0.4, 0.5) is 0 Å². The number of carbonyl (C=O) groups excluding carboxylic acids is 1. The molecule has 0 N–H and O–H groups in total. The van der Waals surface area contributed by atoms with Crippen molar-refractivity contribution in [2.24, 2.45) is 7.05 Å². The molecular formula is C20H23N5O. The third-order valence-corrected chi connectivity index (χ3v) is 5.91. The first-order valence-corrected chi connectivity index (χ1v) is 9.47. The van der Waals surface area contributed by atoms with Gasteiger partial charge in [-0.2, -0.15) is 0 Å². The maximum Gasteiger partial charge on any atom is 0.256 e. The van der Waals surface area contributed by atoms with Crippen molar-refractivity contribution in [1.29, 1.82) is 0 Å². The highest BCUT2D eigenvalue weighted by Crippen LogP contribution is 2.31. The van der Waals surface area contributed by atoms with Crippen LogP contribution in [0.5, 0.6) is 0 Å². The molecule has 134 valence electrons. The maximum absolute atomic E-state index is 13.1. The van der Waals surface area contributed by atoms with Crippen molar-refractivity contribution >= 4 is 16.8 Å². The largest absolute Gasteiger partial charge is 0.350 e. The smallest absolute Gasteiger partial charge is 0.256 e. The molecule has 2 aliphatic rings. The molecule has 6 heteroatoms. The molecule has 1 saturated heterocycles. The minimum atomic E-state index is 0.145. The fourth-order valence-corrected chi connectivity index (χ4v) is 4.50. The topological polar surface area (TPSA) is 56.0 Å². The predicted octanol–water partition coefficient (Wildman–Crippen LogP) is 2.74. The lowest BCUT2D eigenvalue weighted by Gasteiger charge is -2.31. The number of para-hydroxylation sites is 1. The van der Waals surface area contributed by atoms with Gasteiger partial charge in [0.05, 0.1) is 5.56 Å². The van der Waals surface area contributed by atoms with Crippen molar-refractivity contribution in [3.63, 3.8) is 0 Å². The second-order valence-electron chi connectivity index (χ2n) is 7.47. The number of rotatable bonds is 2. The Morgan fingerprint density at radius 1 is 1.12 bits per heavy atom. The zero-order valence-corrected chi connectivity index (χ0v) is 15.1. The highest BCUT2D eigenvalue weighted by atomic mass is 16.2. The van der Waals surface area contributed by atoms with E-state index in [2.05, 4.69) is 20.8 Å². The van der Waals surface area contributed by atoms with Crippen LogP contribution in [-0.4, -0.2) is 43.2 Å². The lowest BCUT2D eigenvalue weighted by atomic mass is 9.95. The summed E-state index contributed by atoms with van der Waals surface area (Å²) >= 11 is 0. The summed E-state index contributed by atoms with van der Waals surface area (Å²) in [5, 5.41) is 9.82. The number of benzene rings is 1. The van der Waals surface area contributed by atoms with Crippen molar-refractivity contribution < 1.29 is 4.79 Å². The van der Waals surface area contributed by atoms with Gasteiger partial charge >= 0.3 is 0 Å². The Morgan fingerprint density at radius 3 is 2.77 bits per heavy atom. The van der Waals surface area contributed by atoms with Gasteiger partial charge in [-0.3, -0.25) is 4.79 Å². The number of amides is 1. The van der Waals surface area contributed by atoms with E-state index < -0.39 is 0 Å². The van der Waals surface area contributed by atoms with Crippen molar-refractivity contribution in [2.45, 2.75) is 38.1 Å². The fourth-order valence-electron chi connectivity index (χ4n) is 4.50. The number of hydrogen-bond donors (Lipinski definition) is 0. The van der Waals surface area contributed by atoms with E-state index in [1.165, 1.54) is 6.42 Å². The average Bonchev–Trinajstić information content (AvgIpc) is 3.37. The van der Waals surface area contributed by atoms with Gasteiger partial charge in [-0.05, 0) is 25.3 Å². The fraction of sp³-hybridized carbons (Fsp3) is 0.450. The number of carbonyl (C=O) groups is 1. The van der Waals surface area contributed by atoms with Crippen LogP contribution in [0.25, 0.3) is 10.9 Å². The Morgan fingerprint density at radius 2 is 1.92 bits per heavy atom. The summed E-state index contributed by atoms with van der Waals surface area (Å²) in [6.07, 6.45) is 6.12. The summed E-state index contributed by atoms with van der Waals surface area (Å²) in [6.45, 7) is 2.62. The van der Waals surface area contributed by atoms with Gasteiger partial charge in [-0.1, -0.05) is 18.2 Å². The molecular weight excluding hydrogens is 326 g/mol. The Labute approximate surface area is 152 Å². The summed E-state index contributed by atoms with van der Waals surface area (Å²) in [5.74, 6) is 2.83. The first-order valence-electron chi connectivity index (χ1n) is 9.47. The third-order valence-electron chi connectivity index (χ3n) is 5.91. The van der Waals surface area contributed by atoms with E-state index in [0.29, 0.717) is 5.92 Å². The third kappa shape index (κ3) is 2.35. The molecule has 5 rings (SSSR count). The second kappa shape index (κ2) is 5.97. The molecule has 0 atom stereocenters. The molecule has 1 amide bonds. The molecule has 0 saturated carbocycles. The van der Waals surface area contributed by atoms with Crippen LogP contribution in [-0.2, 0) is 20.0 Å². The van der Waals surface area contributed by atoms with Crippen LogP contribution in [0.1, 0.15) is 47.2 Å². The zero-order valence-electron chi connectivity index (χ0n) is 15.1. The minimum absolute atomic E-state index is 0.145. The molecule has 26 heavy (non-hydrogen) atoms. The van der Waals surface area contributed by atoms with Crippen molar-refractivity contribution in [3.8, 4) is 0 Å². The molecule has 2 aliphatic heterocycles. The van der Waals surface area contributed by atoms with E-state index in [0.717, 1.165) is 67.0 Å². The minimum Gasteiger partial charge on any atom is -0.350 e. The van der Waals surface area contributed by atoms with Crippen LogP contribution in [0.15, 0.2) is 30.5 Å². The van der Waals surface area contributed by atoms with E-state index in [9.17, 15) is 4.79 Å². The predicted molar refractivity (Wildman–Crippen MR) is 99.1 cm³/mol. The van der Waals surface area contributed by atoms with Gasteiger partial charge in [0.25, 0.3) is 5.91 Å². The zero-order chi connectivity index (χ0) is 17.7. The van der Waals surface area contributed by atoms with Gasteiger partial charge in [0.15, 0.2) is 0 Å². The van der Waals surface area contributed by atoms with Crippen LogP contribution < -0.4 is 0 Å². The number of piperidine rings is 1. The summed E-state index contributed by atoms with van der Waals surface area (Å²) in [6, 6.07) is 8.11. The molecule has 6 nitrogen and oxygen atoms in total. The molecule has 1 fully saturated rings. The number of nitrogens with zero attached hydrogens (tertiary/aromatic N) is 5. The molecule has 4 heterocycles. The van der Waals surface area contributed by atoms with Crippen molar-refractivity contribution in [2.75, 3.05) is 13.1 Å². The van der Waals surface area contributed by atoms with Crippen LogP contribution >= 0.6 is 0 Å². The molecule has 2 aromatic heterocycles. The Kier molecular flexibility index (Phi) is 3.58. The standard InChI is InChI=1S/C20H23N5O/c1-23-13-16(15-5-2-3-6-17(15)23)20(26)24-11-8-14(9-12-24)19-22-21-18-7-4-10-25(18)19/h2-3,5-6,13-14H,4,7-12H2,1H3. The highest BCUT2D eigenvalue weighted by molar-refractivity contribution is 6.07. The highest BCUT2D eigenvalue weighted by Gasteiger charge is 2.30. The van der Waals surface area contributed by atoms with Gasteiger partial charge in [0.2, 0.25) is 0 Å². The van der Waals surface area contributed by atoms with Gasteiger partial charge < -0.3 is 14.0 Å². The number of fused-ring (bicyclic) bond motifs is 2. The van der Waals surface area contributed by atoms with E-state index in [1.54, 1.807) is 0 Å². The Hall–Kier alpha value is -2.63. The molecule has 1 aromatic carbocycles. The molecule has 0 radical (unpaired) electrons. The lowest BCUT2D eigenvalue weighted by molar-refractivity contribution is 0.0712. The molecule has 0 bridgehead atoms. The molecule has 0 aliphatic carbocycles. The lowest BCUT2D eigenvalue weighted by Crippen LogP contribution is -2.38. The van der Waals surface area contributed by atoms with Gasteiger partial charge in [0.1, 0.15) is 11.6 Å². The Bertz CT molecular complexity index is 977. The van der Waals surface area contributed by atoms with E-state index in [-0.39, 0.29) is 5.91 Å². The van der Waals surface area contributed by atoms with E-state index >= 15 is 0 Å². The SMILES string of the molecule is Cn1cc(C(=O)N2CCC(c3nnc4n3CCC4)CC2)c2ccccc21. The quantitative estimate of drug-likeness (QED) is 0.715. The number of aryl methyl sites for hydroxylation is 2. The number of likely N-dealkylation sites (tertiary alicyclic amines) is 1. The van der Waals surface area contributed by atoms with E-state index in [1.807, 2.05) is 40.9 Å². The van der Waals surface area contributed by atoms with Gasteiger partial charge in [0, 0.05) is 56.1 Å². The summed E-state index contributed by atoms with van der Waals surface area (Å²) in [5.41, 5.74) is 1.91. The van der Waals surface area contributed by atoms with Gasteiger partial charge in [-0.15, -0.1) is 10.2 Å². The van der Waals surface area contributed by atoms with E-state index in [4.69, 9.17) is 0 Å². The summed E-state index contributed by atoms with van der Waals surface area (Å²) in [7, 11) is 2.00. The first kappa shape index (κ1) is 15.6. The van der Waals surface area contributed by atoms with Crippen LogP contribution in [0, 0.1) is 0 Å². The molecule has 0 spiro atoms. The number of hydrogen-bond acceptors (Lipinski definition) is 3. The van der Waals surface area contributed by atoms with Crippen LogP contribution in [0.2, 0.25) is 0 Å². The van der Waals surface area contributed by atoms with Crippen molar-refractivity contribution in [1.82, 2.24) is 24.2 Å². The van der Waals surface area contributed by atoms with Crippen molar-refractivity contribution in [3.05, 3.63) is 47.7 Å². The number of aromatic nitrogens is 4. The normalized spacial score (nSPS) is 17.8. The maximum atomic E-state index is 13.1. The molecule has 0 unspecified atom stereocenters. The monoisotopic (exact) mass is 349 g/mol. The Balaban J connectivity index is 1.34. The second-order valence-corrected chi connectivity index (χ2v) is 7.47. The van der Waals surface area contributed by atoms with Gasteiger partial charge in [-0.25, -0.2) is 0 Å². The van der Waals surface area contributed by atoms with Crippen LogP contribution in [0.3, 0.4) is 0 Å². The first-order chi connectivity index (χ1) is 12.7.